The summed E-state index contributed by atoms with van der Waals surface area (Å²) in [7, 11) is 0.337. The van der Waals surface area contributed by atoms with E-state index in [1.807, 2.05) is 0 Å². The Hall–Kier alpha value is -0.820. The number of nitrogens with one attached hydrogen (secondary N) is 2. The third kappa shape index (κ3) is 6.24. The molecule has 1 aliphatic rings. The van der Waals surface area contributed by atoms with Crippen LogP contribution in [0, 0.1) is 5.41 Å². The summed E-state index contributed by atoms with van der Waals surface area (Å²) in [6, 6.07) is 0. The Labute approximate surface area is 147 Å². The Kier molecular flexibility index (Phi) is 7.99. The molecule has 2 N–H and O–H groups in total. The number of ether oxygens (including phenoxy) is 1. The summed E-state index contributed by atoms with van der Waals surface area (Å²) >= 11 is 0. The molecule has 7 heteroatoms. The summed E-state index contributed by atoms with van der Waals surface area (Å²) in [6.07, 6.45) is 5.99. The fourth-order valence-corrected chi connectivity index (χ4v) is 4.04. The maximum Gasteiger partial charge on any atom is 0.191 e. The molecule has 0 amide bonds. The van der Waals surface area contributed by atoms with E-state index in [-0.39, 0.29) is 11.2 Å². The molecule has 0 aromatic heterocycles. The van der Waals surface area contributed by atoms with Gasteiger partial charge in [-0.2, -0.15) is 0 Å². The van der Waals surface area contributed by atoms with Crippen LogP contribution in [0.2, 0.25) is 0 Å². The van der Waals surface area contributed by atoms with Crippen molar-refractivity contribution in [3.05, 3.63) is 0 Å². The van der Waals surface area contributed by atoms with E-state index in [1.54, 1.807) is 34.9 Å². The molecule has 24 heavy (non-hydrogen) atoms. The number of sulfone groups is 1. The fourth-order valence-electron chi connectivity index (χ4n) is 3.06. The minimum atomic E-state index is -3.12. The lowest BCUT2D eigenvalue weighted by Gasteiger charge is -2.30. The topological polar surface area (TPSA) is 79.8 Å². The monoisotopic (exact) mass is 361 g/mol. The van der Waals surface area contributed by atoms with Gasteiger partial charge in [-0.05, 0) is 45.4 Å². The van der Waals surface area contributed by atoms with Gasteiger partial charge in [0.1, 0.15) is 0 Å². The number of hydrogen-bond donors (Lipinski definition) is 2. The van der Waals surface area contributed by atoms with Crippen LogP contribution in [0.5, 0.6) is 0 Å². The Morgan fingerprint density at radius 2 is 1.83 bits per heavy atom. The predicted octanol–water partition coefficient (Wildman–Crippen LogP) is 1.96. The zero-order valence-electron chi connectivity index (χ0n) is 15.9. The lowest BCUT2D eigenvalue weighted by molar-refractivity contribution is 0.138. The zero-order chi connectivity index (χ0) is 18.3. The summed E-state index contributed by atoms with van der Waals surface area (Å²) in [6.45, 7) is 7.18. The van der Waals surface area contributed by atoms with Crippen molar-refractivity contribution in [2.24, 2.45) is 10.4 Å². The molecule has 0 unspecified atom stereocenters. The van der Waals surface area contributed by atoms with Gasteiger partial charge < -0.3 is 15.4 Å². The van der Waals surface area contributed by atoms with Gasteiger partial charge in [0.15, 0.2) is 15.8 Å². The first-order valence-corrected chi connectivity index (χ1v) is 10.5. The molecule has 1 saturated carbocycles. The summed E-state index contributed by atoms with van der Waals surface area (Å²) in [4.78, 5) is 4.21. The molecule has 1 rings (SSSR count). The Morgan fingerprint density at radius 3 is 2.33 bits per heavy atom. The van der Waals surface area contributed by atoms with E-state index in [0.29, 0.717) is 12.5 Å². The van der Waals surface area contributed by atoms with Crippen molar-refractivity contribution in [1.82, 2.24) is 10.6 Å². The van der Waals surface area contributed by atoms with Crippen molar-refractivity contribution in [2.75, 3.05) is 39.6 Å². The molecule has 0 radical (unpaired) electrons. The zero-order valence-corrected chi connectivity index (χ0v) is 16.8. The maximum absolute atomic E-state index is 12.1. The summed E-state index contributed by atoms with van der Waals surface area (Å²) in [5, 5.41) is 6.50. The lowest BCUT2D eigenvalue weighted by atomic mass is 9.83. The van der Waals surface area contributed by atoms with Crippen LogP contribution in [0.4, 0.5) is 0 Å². The SMILES string of the molecule is CN=C(NCCS(=O)(=O)C(C)(C)C)NCC1(CCOC)CCCC1. The van der Waals surface area contributed by atoms with Gasteiger partial charge in [-0.15, -0.1) is 0 Å². The average Bonchev–Trinajstić information content (AvgIpc) is 2.96. The van der Waals surface area contributed by atoms with Crippen molar-refractivity contribution in [3.8, 4) is 0 Å². The number of guanidine groups is 1. The second-order valence-electron chi connectivity index (χ2n) is 7.73. The lowest BCUT2D eigenvalue weighted by Crippen LogP contribution is -2.45. The highest BCUT2D eigenvalue weighted by Crippen LogP contribution is 2.40. The van der Waals surface area contributed by atoms with E-state index in [1.165, 1.54) is 25.7 Å². The number of hydrogen-bond acceptors (Lipinski definition) is 4. The van der Waals surface area contributed by atoms with Gasteiger partial charge in [-0.25, -0.2) is 8.42 Å². The molecular formula is C17H35N3O3S. The second kappa shape index (κ2) is 9.04. The number of aliphatic imine (C=N–C) groups is 1. The van der Waals surface area contributed by atoms with Crippen LogP contribution in [0.3, 0.4) is 0 Å². The van der Waals surface area contributed by atoms with Crippen LogP contribution in [0.15, 0.2) is 4.99 Å². The summed E-state index contributed by atoms with van der Waals surface area (Å²) < 4.78 is 28.8. The van der Waals surface area contributed by atoms with Crippen molar-refractivity contribution in [1.29, 1.82) is 0 Å². The van der Waals surface area contributed by atoms with Gasteiger partial charge >= 0.3 is 0 Å². The van der Waals surface area contributed by atoms with Gasteiger partial charge in [0.2, 0.25) is 0 Å². The van der Waals surface area contributed by atoms with Crippen molar-refractivity contribution < 1.29 is 13.2 Å². The van der Waals surface area contributed by atoms with E-state index >= 15 is 0 Å². The smallest absolute Gasteiger partial charge is 0.191 e. The molecule has 0 aromatic carbocycles. The van der Waals surface area contributed by atoms with Crippen LogP contribution in [-0.2, 0) is 14.6 Å². The van der Waals surface area contributed by atoms with Gasteiger partial charge in [0, 0.05) is 33.9 Å². The van der Waals surface area contributed by atoms with Crippen LogP contribution >= 0.6 is 0 Å². The highest BCUT2D eigenvalue weighted by atomic mass is 32.2. The van der Waals surface area contributed by atoms with Gasteiger partial charge in [0.25, 0.3) is 0 Å². The fraction of sp³-hybridized carbons (Fsp3) is 0.941. The van der Waals surface area contributed by atoms with E-state index < -0.39 is 14.6 Å². The maximum atomic E-state index is 12.1. The number of nitrogens with zero attached hydrogens (tertiary/aromatic N) is 1. The number of rotatable bonds is 8. The largest absolute Gasteiger partial charge is 0.385 e. The second-order valence-corrected chi connectivity index (χ2v) is 10.6. The van der Waals surface area contributed by atoms with Crippen LogP contribution in [-0.4, -0.2) is 58.7 Å². The molecule has 0 saturated heterocycles. The molecule has 0 bridgehead atoms. The predicted molar refractivity (Wildman–Crippen MR) is 100 cm³/mol. The van der Waals surface area contributed by atoms with Gasteiger partial charge in [0.05, 0.1) is 10.5 Å². The third-order valence-corrected chi connectivity index (χ3v) is 7.56. The van der Waals surface area contributed by atoms with Crippen LogP contribution in [0.25, 0.3) is 0 Å². The first-order valence-electron chi connectivity index (χ1n) is 8.82. The third-order valence-electron chi connectivity index (χ3n) is 4.95. The van der Waals surface area contributed by atoms with Crippen LogP contribution in [0.1, 0.15) is 52.9 Å². The quantitative estimate of drug-likeness (QED) is 0.510. The minimum Gasteiger partial charge on any atom is -0.385 e. The normalized spacial score (nSPS) is 18.6. The Morgan fingerprint density at radius 1 is 1.21 bits per heavy atom. The number of methoxy groups -OCH3 is 1. The Balaban J connectivity index is 2.48. The average molecular weight is 362 g/mol. The minimum absolute atomic E-state index is 0.103. The van der Waals surface area contributed by atoms with E-state index in [0.717, 1.165) is 19.6 Å². The molecular weight excluding hydrogens is 326 g/mol. The van der Waals surface area contributed by atoms with E-state index in [9.17, 15) is 8.42 Å². The highest BCUT2D eigenvalue weighted by molar-refractivity contribution is 7.92. The van der Waals surface area contributed by atoms with E-state index in [2.05, 4.69) is 15.6 Å². The summed E-state index contributed by atoms with van der Waals surface area (Å²) in [5.41, 5.74) is 0.269. The first kappa shape index (κ1) is 21.2. The molecule has 1 aliphatic carbocycles. The summed E-state index contributed by atoms with van der Waals surface area (Å²) in [5.74, 6) is 0.772. The molecule has 1 fully saturated rings. The molecule has 142 valence electrons. The van der Waals surface area contributed by atoms with Crippen molar-refractivity contribution in [2.45, 2.75) is 57.6 Å². The highest BCUT2D eigenvalue weighted by Gasteiger charge is 2.33. The van der Waals surface area contributed by atoms with E-state index in [4.69, 9.17) is 4.74 Å². The molecule has 0 heterocycles. The van der Waals surface area contributed by atoms with Crippen molar-refractivity contribution >= 4 is 15.8 Å². The first-order chi connectivity index (χ1) is 11.2. The molecule has 0 aromatic rings. The molecule has 0 spiro atoms. The van der Waals surface area contributed by atoms with Crippen molar-refractivity contribution in [3.63, 3.8) is 0 Å². The molecule has 0 atom stereocenters. The van der Waals surface area contributed by atoms with Crippen LogP contribution < -0.4 is 10.6 Å². The Bertz CT molecular complexity index is 504. The molecule has 6 nitrogen and oxygen atoms in total. The van der Waals surface area contributed by atoms with Gasteiger partial charge in [-0.3, -0.25) is 4.99 Å². The van der Waals surface area contributed by atoms with Gasteiger partial charge in [-0.1, -0.05) is 12.8 Å². The standard InChI is InChI=1S/C17H35N3O3S/c1-16(2,3)24(21,22)13-11-19-15(18-4)20-14-17(10-12-23-5)8-6-7-9-17/h6-14H2,1-5H3,(H2,18,19,20). The molecule has 0 aliphatic heterocycles.